The minimum Gasteiger partial charge on any atom is -0.399 e. The molecule has 0 unspecified atom stereocenters. The van der Waals surface area contributed by atoms with Crippen LogP contribution in [0.1, 0.15) is 29.9 Å². The second-order valence-corrected chi connectivity index (χ2v) is 4.74. The molecule has 0 aliphatic heterocycles. The highest BCUT2D eigenvalue weighted by Gasteiger charge is 2.20. The molecular formula is C14H18N4O. The zero-order valence-corrected chi connectivity index (χ0v) is 11.1. The Morgan fingerprint density at radius 2 is 2.21 bits per heavy atom. The number of anilines is 1. The van der Waals surface area contributed by atoms with Crippen LogP contribution in [-0.2, 0) is 6.54 Å². The maximum atomic E-state index is 12.4. The monoisotopic (exact) mass is 258 g/mol. The van der Waals surface area contributed by atoms with E-state index < -0.39 is 0 Å². The first kappa shape index (κ1) is 13.1. The van der Waals surface area contributed by atoms with E-state index in [1.165, 1.54) is 0 Å². The predicted molar refractivity (Wildman–Crippen MR) is 74.5 cm³/mol. The lowest BCUT2D eigenvalue weighted by atomic mass is 10.1. The second-order valence-electron chi connectivity index (χ2n) is 4.74. The van der Waals surface area contributed by atoms with E-state index in [1.807, 2.05) is 38.1 Å². The molecule has 0 radical (unpaired) electrons. The molecule has 5 heteroatoms. The standard InChI is InChI=1S/C14H18N4O/c1-10(2)18(14(19)13-6-7-16-17-13)9-11-4-3-5-12(15)8-11/h3-8,10H,9,15H2,1-2H3,(H,16,17). The molecule has 0 atom stereocenters. The zero-order valence-electron chi connectivity index (χ0n) is 11.1. The van der Waals surface area contributed by atoms with Crippen molar-refractivity contribution in [3.8, 4) is 0 Å². The van der Waals surface area contributed by atoms with Gasteiger partial charge in [-0.2, -0.15) is 5.10 Å². The number of hydrogen-bond acceptors (Lipinski definition) is 3. The van der Waals surface area contributed by atoms with Crippen molar-refractivity contribution in [1.82, 2.24) is 15.1 Å². The Kier molecular flexibility index (Phi) is 3.85. The number of aromatic nitrogens is 2. The van der Waals surface area contributed by atoms with Crippen molar-refractivity contribution in [3.63, 3.8) is 0 Å². The van der Waals surface area contributed by atoms with Crippen LogP contribution >= 0.6 is 0 Å². The van der Waals surface area contributed by atoms with Gasteiger partial charge in [0, 0.05) is 24.5 Å². The minimum absolute atomic E-state index is 0.0603. The van der Waals surface area contributed by atoms with Crippen LogP contribution in [0.15, 0.2) is 36.5 Å². The average molecular weight is 258 g/mol. The van der Waals surface area contributed by atoms with Crippen molar-refractivity contribution in [2.75, 3.05) is 5.73 Å². The lowest BCUT2D eigenvalue weighted by Crippen LogP contribution is -2.36. The summed E-state index contributed by atoms with van der Waals surface area (Å²) in [5, 5.41) is 6.52. The van der Waals surface area contributed by atoms with Gasteiger partial charge in [0.15, 0.2) is 0 Å². The van der Waals surface area contributed by atoms with E-state index in [0.29, 0.717) is 17.9 Å². The summed E-state index contributed by atoms with van der Waals surface area (Å²) in [5.74, 6) is -0.0603. The maximum absolute atomic E-state index is 12.4. The third-order valence-electron chi connectivity index (χ3n) is 2.92. The summed E-state index contributed by atoms with van der Waals surface area (Å²) in [7, 11) is 0. The number of benzene rings is 1. The molecule has 19 heavy (non-hydrogen) atoms. The molecule has 0 saturated heterocycles. The molecular weight excluding hydrogens is 240 g/mol. The van der Waals surface area contributed by atoms with Gasteiger partial charge >= 0.3 is 0 Å². The van der Waals surface area contributed by atoms with Crippen LogP contribution in [0, 0.1) is 0 Å². The molecule has 0 saturated carbocycles. The van der Waals surface area contributed by atoms with E-state index in [9.17, 15) is 4.79 Å². The van der Waals surface area contributed by atoms with Gasteiger partial charge in [-0.3, -0.25) is 9.89 Å². The van der Waals surface area contributed by atoms with Crippen LogP contribution in [0.2, 0.25) is 0 Å². The first-order chi connectivity index (χ1) is 9.08. The van der Waals surface area contributed by atoms with Crippen molar-refractivity contribution in [2.24, 2.45) is 0 Å². The van der Waals surface area contributed by atoms with Crippen molar-refractivity contribution >= 4 is 11.6 Å². The van der Waals surface area contributed by atoms with Gasteiger partial charge in [0.1, 0.15) is 5.69 Å². The molecule has 1 aromatic carbocycles. The van der Waals surface area contributed by atoms with E-state index in [-0.39, 0.29) is 11.9 Å². The Morgan fingerprint density at radius 1 is 1.42 bits per heavy atom. The SMILES string of the molecule is CC(C)N(Cc1cccc(N)c1)C(=O)c1ccn[nH]1. The smallest absolute Gasteiger partial charge is 0.272 e. The topological polar surface area (TPSA) is 75.0 Å². The number of nitrogens with two attached hydrogens (primary N) is 1. The molecule has 0 aliphatic carbocycles. The van der Waals surface area contributed by atoms with Gasteiger partial charge in [0.25, 0.3) is 5.91 Å². The quantitative estimate of drug-likeness (QED) is 0.824. The van der Waals surface area contributed by atoms with E-state index in [4.69, 9.17) is 5.73 Å². The van der Waals surface area contributed by atoms with Gasteiger partial charge < -0.3 is 10.6 Å². The van der Waals surface area contributed by atoms with E-state index in [0.717, 1.165) is 5.56 Å². The van der Waals surface area contributed by atoms with Gasteiger partial charge in [-0.15, -0.1) is 0 Å². The number of aromatic amines is 1. The summed E-state index contributed by atoms with van der Waals surface area (Å²) in [6.07, 6.45) is 1.58. The Hall–Kier alpha value is -2.30. The Bertz CT molecular complexity index is 548. The summed E-state index contributed by atoms with van der Waals surface area (Å²) in [6, 6.07) is 9.35. The van der Waals surface area contributed by atoms with Gasteiger partial charge in [0.2, 0.25) is 0 Å². The van der Waals surface area contributed by atoms with Gasteiger partial charge in [-0.05, 0) is 37.6 Å². The number of rotatable bonds is 4. The van der Waals surface area contributed by atoms with Gasteiger partial charge in [0.05, 0.1) is 0 Å². The lowest BCUT2D eigenvalue weighted by molar-refractivity contribution is 0.0684. The largest absolute Gasteiger partial charge is 0.399 e. The van der Waals surface area contributed by atoms with Gasteiger partial charge in [-0.1, -0.05) is 12.1 Å². The van der Waals surface area contributed by atoms with Crippen LogP contribution in [0.25, 0.3) is 0 Å². The zero-order chi connectivity index (χ0) is 13.8. The Labute approximate surface area is 112 Å². The molecule has 100 valence electrons. The van der Waals surface area contributed by atoms with Crippen LogP contribution in [0.5, 0.6) is 0 Å². The molecule has 2 aromatic rings. The molecule has 3 N–H and O–H groups in total. The third kappa shape index (κ3) is 3.13. The first-order valence-corrected chi connectivity index (χ1v) is 6.22. The molecule has 0 fully saturated rings. The number of amides is 1. The third-order valence-corrected chi connectivity index (χ3v) is 2.92. The normalized spacial score (nSPS) is 10.7. The van der Waals surface area contributed by atoms with E-state index in [1.54, 1.807) is 17.2 Å². The first-order valence-electron chi connectivity index (χ1n) is 6.22. The van der Waals surface area contributed by atoms with Crippen LogP contribution in [0.3, 0.4) is 0 Å². The molecule has 1 amide bonds. The molecule has 5 nitrogen and oxygen atoms in total. The lowest BCUT2D eigenvalue weighted by Gasteiger charge is -2.26. The number of carbonyl (C=O) groups is 1. The van der Waals surface area contributed by atoms with Crippen LogP contribution < -0.4 is 5.73 Å². The molecule has 1 heterocycles. The molecule has 0 aliphatic rings. The van der Waals surface area contributed by atoms with E-state index in [2.05, 4.69) is 10.2 Å². The summed E-state index contributed by atoms with van der Waals surface area (Å²) >= 11 is 0. The van der Waals surface area contributed by atoms with Crippen LogP contribution in [0.4, 0.5) is 5.69 Å². The number of hydrogen-bond donors (Lipinski definition) is 2. The molecule has 0 spiro atoms. The number of carbonyl (C=O) groups excluding carboxylic acids is 1. The highest BCUT2D eigenvalue weighted by molar-refractivity contribution is 5.92. The number of nitrogens with one attached hydrogen (secondary N) is 1. The molecule has 0 bridgehead atoms. The maximum Gasteiger partial charge on any atom is 0.272 e. The number of nitrogens with zero attached hydrogens (tertiary/aromatic N) is 2. The Balaban J connectivity index is 2.19. The Morgan fingerprint density at radius 3 is 2.79 bits per heavy atom. The van der Waals surface area contributed by atoms with Crippen molar-refractivity contribution in [2.45, 2.75) is 26.4 Å². The average Bonchev–Trinajstić information content (AvgIpc) is 2.88. The fourth-order valence-electron chi connectivity index (χ4n) is 1.91. The van der Waals surface area contributed by atoms with Crippen LogP contribution in [-0.4, -0.2) is 27.0 Å². The number of nitrogen functional groups attached to an aromatic ring is 1. The van der Waals surface area contributed by atoms with E-state index >= 15 is 0 Å². The summed E-state index contributed by atoms with van der Waals surface area (Å²) in [5.41, 5.74) is 7.98. The van der Waals surface area contributed by atoms with Crippen molar-refractivity contribution in [1.29, 1.82) is 0 Å². The number of H-pyrrole nitrogens is 1. The fourth-order valence-corrected chi connectivity index (χ4v) is 1.91. The van der Waals surface area contributed by atoms with Gasteiger partial charge in [-0.25, -0.2) is 0 Å². The molecule has 1 aromatic heterocycles. The molecule has 2 rings (SSSR count). The minimum atomic E-state index is -0.0603. The summed E-state index contributed by atoms with van der Waals surface area (Å²) in [6.45, 7) is 4.50. The second kappa shape index (κ2) is 5.56. The van der Waals surface area contributed by atoms with Crippen molar-refractivity contribution in [3.05, 3.63) is 47.8 Å². The summed E-state index contributed by atoms with van der Waals surface area (Å²) in [4.78, 5) is 14.1. The summed E-state index contributed by atoms with van der Waals surface area (Å²) < 4.78 is 0. The fraction of sp³-hybridized carbons (Fsp3) is 0.286. The predicted octanol–water partition coefficient (Wildman–Crippen LogP) is 2.04. The highest BCUT2D eigenvalue weighted by Crippen LogP contribution is 2.14. The highest BCUT2D eigenvalue weighted by atomic mass is 16.2. The van der Waals surface area contributed by atoms with Crippen molar-refractivity contribution < 1.29 is 4.79 Å².